The minimum absolute atomic E-state index is 0.163. The van der Waals surface area contributed by atoms with Crippen LogP contribution in [0.15, 0.2) is 12.1 Å². The highest BCUT2D eigenvalue weighted by Crippen LogP contribution is 2.37. The number of carbonyl (C=O) groups is 3. The average Bonchev–Trinajstić information content (AvgIpc) is 3.09. The lowest BCUT2D eigenvalue weighted by Gasteiger charge is -2.47. The van der Waals surface area contributed by atoms with Crippen LogP contribution in [0.25, 0.3) is 0 Å². The predicted molar refractivity (Wildman–Crippen MR) is 102 cm³/mol. The smallest absolute Gasteiger partial charge is 0.336 e. The second-order valence-corrected chi connectivity index (χ2v) is 8.49. The van der Waals surface area contributed by atoms with Crippen molar-refractivity contribution in [1.82, 2.24) is 10.2 Å². The molecule has 0 bridgehead atoms. The number of amides is 2. The molecule has 3 aliphatic rings. The van der Waals surface area contributed by atoms with Crippen LogP contribution in [0.2, 0.25) is 0 Å². The number of carboxylic acid groups (broad SMARTS) is 1. The van der Waals surface area contributed by atoms with Gasteiger partial charge in [-0.2, -0.15) is 0 Å². The largest absolute Gasteiger partial charge is 0.479 e. The molecule has 30 heavy (non-hydrogen) atoms. The Hall–Kier alpha value is -2.55. The van der Waals surface area contributed by atoms with E-state index >= 15 is 0 Å². The van der Waals surface area contributed by atoms with Crippen LogP contribution in [0.5, 0.6) is 0 Å². The summed E-state index contributed by atoms with van der Waals surface area (Å²) in [4.78, 5) is 38.5. The van der Waals surface area contributed by atoms with Crippen LogP contribution in [-0.4, -0.2) is 52.0 Å². The number of rotatable bonds is 4. The van der Waals surface area contributed by atoms with Crippen molar-refractivity contribution in [3.8, 4) is 0 Å². The van der Waals surface area contributed by atoms with Crippen molar-refractivity contribution < 1.29 is 28.3 Å². The molecular formula is C21H25F2N3O4. The fourth-order valence-corrected chi connectivity index (χ4v) is 5.28. The number of hydrogen-bond acceptors (Lipinski definition) is 4. The van der Waals surface area contributed by atoms with Gasteiger partial charge in [-0.3, -0.25) is 9.59 Å². The first-order chi connectivity index (χ1) is 14.3. The lowest BCUT2D eigenvalue weighted by molar-refractivity contribution is -0.163. The van der Waals surface area contributed by atoms with E-state index in [2.05, 4.69) is 5.32 Å². The van der Waals surface area contributed by atoms with Crippen LogP contribution in [0.1, 0.15) is 55.6 Å². The molecule has 1 aromatic rings. The van der Waals surface area contributed by atoms with E-state index in [9.17, 15) is 28.3 Å². The van der Waals surface area contributed by atoms with E-state index < -0.39 is 41.5 Å². The number of halogens is 2. The summed E-state index contributed by atoms with van der Waals surface area (Å²) in [7, 11) is 0. The zero-order valence-electron chi connectivity index (χ0n) is 16.4. The molecule has 5 unspecified atom stereocenters. The van der Waals surface area contributed by atoms with Crippen LogP contribution in [0.4, 0.5) is 8.78 Å². The molecule has 2 aliphatic carbocycles. The molecular weight excluding hydrogens is 396 g/mol. The molecule has 5 atom stereocenters. The van der Waals surface area contributed by atoms with Gasteiger partial charge in [0, 0.05) is 24.4 Å². The van der Waals surface area contributed by atoms with Gasteiger partial charge < -0.3 is 21.1 Å². The number of piperazine rings is 1. The molecule has 1 saturated heterocycles. The Morgan fingerprint density at radius 2 is 1.90 bits per heavy atom. The summed E-state index contributed by atoms with van der Waals surface area (Å²) in [6.07, 6.45) is 3.99. The number of fused-ring (bicyclic) bond motifs is 2. The third kappa shape index (κ3) is 3.55. The van der Waals surface area contributed by atoms with E-state index in [4.69, 9.17) is 5.73 Å². The van der Waals surface area contributed by atoms with E-state index in [1.807, 2.05) is 0 Å². The summed E-state index contributed by atoms with van der Waals surface area (Å²) in [5, 5.41) is 12.3. The Morgan fingerprint density at radius 1 is 1.20 bits per heavy atom. The van der Waals surface area contributed by atoms with Crippen LogP contribution in [0.3, 0.4) is 0 Å². The van der Waals surface area contributed by atoms with Gasteiger partial charge in [0.1, 0.15) is 0 Å². The molecule has 1 aliphatic heterocycles. The lowest BCUT2D eigenvalue weighted by atomic mass is 9.84. The average molecular weight is 421 g/mol. The second-order valence-electron chi connectivity index (χ2n) is 8.49. The second kappa shape index (κ2) is 7.94. The molecule has 0 aromatic heterocycles. The van der Waals surface area contributed by atoms with Crippen LogP contribution < -0.4 is 11.1 Å². The van der Waals surface area contributed by atoms with E-state index in [0.29, 0.717) is 36.8 Å². The summed E-state index contributed by atoms with van der Waals surface area (Å²) in [6.45, 7) is 0. The zero-order chi connectivity index (χ0) is 21.6. The van der Waals surface area contributed by atoms with Crippen molar-refractivity contribution in [1.29, 1.82) is 0 Å². The summed E-state index contributed by atoms with van der Waals surface area (Å²) < 4.78 is 27.2. The Bertz CT molecular complexity index is 893. The third-order valence-electron chi connectivity index (χ3n) is 6.70. The van der Waals surface area contributed by atoms with Gasteiger partial charge in [-0.15, -0.1) is 0 Å². The van der Waals surface area contributed by atoms with Crippen LogP contribution in [-0.2, 0) is 20.8 Å². The van der Waals surface area contributed by atoms with Gasteiger partial charge in [0.25, 0.3) is 5.91 Å². The fraction of sp³-hybridized carbons (Fsp3) is 0.571. The Labute approximate surface area is 172 Å². The number of hydrogen-bond donors (Lipinski definition) is 3. The van der Waals surface area contributed by atoms with Crippen LogP contribution in [0, 0.1) is 11.6 Å². The molecule has 162 valence electrons. The minimum Gasteiger partial charge on any atom is -0.479 e. The molecule has 9 heteroatoms. The molecule has 4 rings (SSSR count). The van der Waals surface area contributed by atoms with E-state index in [-0.39, 0.29) is 24.4 Å². The quantitative estimate of drug-likeness (QED) is 0.637. The number of aryl methyl sites for hydroxylation is 1. The maximum atomic E-state index is 13.7. The zero-order valence-corrected chi connectivity index (χ0v) is 16.4. The van der Waals surface area contributed by atoms with Gasteiger partial charge >= 0.3 is 5.97 Å². The van der Waals surface area contributed by atoms with Crippen molar-refractivity contribution in [3.63, 3.8) is 0 Å². The van der Waals surface area contributed by atoms with Gasteiger partial charge in [0.05, 0.1) is 6.04 Å². The van der Waals surface area contributed by atoms with Crippen molar-refractivity contribution in [2.75, 3.05) is 0 Å². The Kier molecular flexibility index (Phi) is 5.48. The summed E-state index contributed by atoms with van der Waals surface area (Å²) in [5.74, 6) is -4.74. The van der Waals surface area contributed by atoms with Gasteiger partial charge in [-0.05, 0) is 48.9 Å². The topological polar surface area (TPSA) is 113 Å². The van der Waals surface area contributed by atoms with Crippen LogP contribution >= 0.6 is 0 Å². The SMILES string of the molecule is NC(CC(=O)N1C(C(=O)O)C(=O)NC2CCCCC21)C1CCc2cc(F)c(F)cc21. The molecule has 2 fully saturated rings. The predicted octanol–water partition coefficient (Wildman–Crippen LogP) is 1.43. The number of aliphatic carboxylic acids is 1. The number of carbonyl (C=O) groups excluding carboxylic acids is 2. The van der Waals surface area contributed by atoms with E-state index in [0.717, 1.165) is 18.9 Å². The van der Waals surface area contributed by atoms with Gasteiger partial charge in [0.15, 0.2) is 11.6 Å². The van der Waals surface area contributed by atoms with E-state index in [1.165, 1.54) is 11.0 Å². The maximum absolute atomic E-state index is 13.7. The highest BCUT2D eigenvalue weighted by Gasteiger charge is 2.48. The van der Waals surface area contributed by atoms with E-state index in [1.54, 1.807) is 0 Å². The fourth-order valence-electron chi connectivity index (χ4n) is 5.28. The first-order valence-electron chi connectivity index (χ1n) is 10.4. The molecule has 1 heterocycles. The van der Waals surface area contributed by atoms with Gasteiger partial charge in [-0.1, -0.05) is 12.8 Å². The van der Waals surface area contributed by atoms with Crippen molar-refractivity contribution in [2.24, 2.45) is 5.73 Å². The molecule has 0 spiro atoms. The summed E-state index contributed by atoms with van der Waals surface area (Å²) in [6, 6.07) is -0.595. The Balaban J connectivity index is 1.55. The summed E-state index contributed by atoms with van der Waals surface area (Å²) in [5.41, 5.74) is 7.57. The number of nitrogens with one attached hydrogen (secondary N) is 1. The van der Waals surface area contributed by atoms with Crippen molar-refractivity contribution in [2.45, 2.75) is 75.0 Å². The standard InChI is InChI=1S/C21H25F2N3O4/c22-13-7-10-5-6-11(12(10)8-14(13)23)15(24)9-18(27)26-17-4-2-1-3-16(17)25-20(28)19(26)21(29)30/h7-8,11,15-17,19H,1-6,9,24H2,(H,25,28)(H,29,30). The monoisotopic (exact) mass is 421 g/mol. The van der Waals surface area contributed by atoms with Crippen molar-refractivity contribution in [3.05, 3.63) is 34.9 Å². The normalized spacial score (nSPS) is 29.0. The maximum Gasteiger partial charge on any atom is 0.336 e. The third-order valence-corrected chi connectivity index (χ3v) is 6.70. The molecule has 7 nitrogen and oxygen atoms in total. The highest BCUT2D eigenvalue weighted by molar-refractivity contribution is 6.05. The lowest BCUT2D eigenvalue weighted by Crippen LogP contribution is -2.69. The summed E-state index contributed by atoms with van der Waals surface area (Å²) >= 11 is 0. The van der Waals surface area contributed by atoms with Gasteiger partial charge in [0.2, 0.25) is 11.9 Å². The molecule has 4 N–H and O–H groups in total. The molecule has 2 amide bonds. The number of benzene rings is 1. The molecule has 1 saturated carbocycles. The first kappa shape index (κ1) is 20.7. The van der Waals surface area contributed by atoms with Gasteiger partial charge in [-0.25, -0.2) is 13.6 Å². The Morgan fingerprint density at radius 3 is 2.63 bits per heavy atom. The molecule has 1 aromatic carbocycles. The minimum atomic E-state index is -1.58. The number of nitrogens with zero attached hydrogens (tertiary/aromatic N) is 1. The highest BCUT2D eigenvalue weighted by atomic mass is 19.2. The molecule has 0 radical (unpaired) electrons. The number of carboxylic acids is 1. The number of nitrogens with two attached hydrogens (primary N) is 1. The van der Waals surface area contributed by atoms with Crippen molar-refractivity contribution >= 4 is 17.8 Å². The first-order valence-corrected chi connectivity index (χ1v) is 10.4.